The quantitative estimate of drug-likeness (QED) is 0.773. The molecule has 0 amide bonds. The van der Waals surface area contributed by atoms with Gasteiger partial charge in [-0.1, -0.05) is 0 Å². The van der Waals surface area contributed by atoms with Crippen LogP contribution in [0.25, 0.3) is 0 Å². The summed E-state index contributed by atoms with van der Waals surface area (Å²) >= 11 is 0. The van der Waals surface area contributed by atoms with Crippen LogP contribution in [0.2, 0.25) is 0 Å². The molecule has 5 heteroatoms. The van der Waals surface area contributed by atoms with Gasteiger partial charge in [0.2, 0.25) is 6.79 Å². The second-order valence-corrected chi connectivity index (χ2v) is 5.77. The zero-order valence-electron chi connectivity index (χ0n) is 12.4. The highest BCUT2D eigenvalue weighted by molar-refractivity contribution is 5.46. The highest BCUT2D eigenvalue weighted by atomic mass is 16.7. The molecule has 0 radical (unpaired) electrons. The van der Waals surface area contributed by atoms with E-state index in [1.807, 2.05) is 39.1 Å². The normalized spacial score (nSPS) is 13.8. The summed E-state index contributed by atoms with van der Waals surface area (Å²) in [6, 6.07) is 5.59. The molecule has 1 aliphatic heterocycles. The van der Waals surface area contributed by atoms with E-state index in [2.05, 4.69) is 4.90 Å². The summed E-state index contributed by atoms with van der Waals surface area (Å²) in [5.74, 6) is 2.29. The summed E-state index contributed by atoms with van der Waals surface area (Å²) in [6.07, 6.45) is 0.904. The Kier molecular flexibility index (Phi) is 4.73. The van der Waals surface area contributed by atoms with Gasteiger partial charge in [-0.05, 0) is 39.4 Å². The molecule has 1 aromatic rings. The van der Waals surface area contributed by atoms with Crippen molar-refractivity contribution < 1.29 is 19.3 Å². The Morgan fingerprint density at radius 1 is 1.30 bits per heavy atom. The molecule has 0 aromatic heterocycles. The van der Waals surface area contributed by atoms with Gasteiger partial charge in [0.25, 0.3) is 0 Å². The van der Waals surface area contributed by atoms with Crippen LogP contribution in [-0.4, -0.2) is 49.1 Å². The first-order valence-corrected chi connectivity index (χ1v) is 6.87. The van der Waals surface area contributed by atoms with Crippen LogP contribution >= 0.6 is 0 Å². The van der Waals surface area contributed by atoms with Crippen molar-refractivity contribution in [1.29, 1.82) is 0 Å². The Morgan fingerprint density at radius 3 is 2.80 bits per heavy atom. The number of benzene rings is 1. The summed E-state index contributed by atoms with van der Waals surface area (Å²) in [5.41, 5.74) is -0.660. The summed E-state index contributed by atoms with van der Waals surface area (Å²) < 4.78 is 16.2. The molecule has 0 aliphatic carbocycles. The number of likely N-dealkylation sites (N-methyl/N-ethyl adjacent to an activating group) is 1. The van der Waals surface area contributed by atoms with Crippen molar-refractivity contribution in [3.8, 4) is 17.2 Å². The van der Waals surface area contributed by atoms with E-state index in [-0.39, 0.29) is 6.79 Å². The number of fused-ring (bicyclic) bond motifs is 1. The second kappa shape index (κ2) is 6.33. The van der Waals surface area contributed by atoms with Crippen LogP contribution in [0.3, 0.4) is 0 Å². The van der Waals surface area contributed by atoms with E-state index in [1.165, 1.54) is 0 Å². The summed E-state index contributed by atoms with van der Waals surface area (Å²) in [4.78, 5) is 2.10. The van der Waals surface area contributed by atoms with Crippen LogP contribution in [0, 0.1) is 0 Å². The summed E-state index contributed by atoms with van der Waals surface area (Å²) in [6.45, 7) is 6.07. The molecule has 0 saturated carbocycles. The highest BCUT2D eigenvalue weighted by Gasteiger charge is 2.15. The second-order valence-electron chi connectivity index (χ2n) is 5.77. The largest absolute Gasteiger partial charge is 0.493 e. The fourth-order valence-corrected chi connectivity index (χ4v) is 2.23. The monoisotopic (exact) mass is 281 g/mol. The van der Waals surface area contributed by atoms with Crippen LogP contribution < -0.4 is 14.2 Å². The lowest BCUT2D eigenvalue weighted by Gasteiger charge is -2.25. The van der Waals surface area contributed by atoms with Crippen molar-refractivity contribution in [2.45, 2.75) is 25.9 Å². The molecule has 0 fully saturated rings. The lowest BCUT2D eigenvalue weighted by molar-refractivity contribution is 0.0433. The molecule has 1 heterocycles. The number of ether oxygens (including phenoxy) is 3. The van der Waals surface area contributed by atoms with Crippen molar-refractivity contribution in [1.82, 2.24) is 4.90 Å². The van der Waals surface area contributed by atoms with Crippen molar-refractivity contribution in [3.63, 3.8) is 0 Å². The van der Waals surface area contributed by atoms with Gasteiger partial charge in [0, 0.05) is 19.2 Å². The third-order valence-corrected chi connectivity index (χ3v) is 2.95. The Morgan fingerprint density at radius 2 is 2.05 bits per heavy atom. The molecule has 0 spiro atoms. The van der Waals surface area contributed by atoms with E-state index in [9.17, 15) is 5.11 Å². The Bertz CT molecular complexity index is 442. The average Bonchev–Trinajstić information content (AvgIpc) is 2.79. The maximum Gasteiger partial charge on any atom is 0.231 e. The third kappa shape index (κ3) is 4.58. The first kappa shape index (κ1) is 14.9. The van der Waals surface area contributed by atoms with Crippen LogP contribution in [0.15, 0.2) is 18.2 Å². The molecule has 0 saturated heterocycles. The maximum atomic E-state index is 9.71. The number of rotatable bonds is 7. The predicted octanol–water partition coefficient (Wildman–Crippen LogP) is 1.89. The molecule has 5 nitrogen and oxygen atoms in total. The first-order chi connectivity index (χ1) is 9.44. The minimum Gasteiger partial charge on any atom is -0.493 e. The van der Waals surface area contributed by atoms with Gasteiger partial charge in [-0.25, -0.2) is 0 Å². The predicted molar refractivity (Wildman–Crippen MR) is 76.5 cm³/mol. The van der Waals surface area contributed by atoms with Gasteiger partial charge in [0.05, 0.1) is 12.2 Å². The van der Waals surface area contributed by atoms with Crippen molar-refractivity contribution in [2.24, 2.45) is 0 Å². The number of hydrogen-bond donors (Lipinski definition) is 1. The van der Waals surface area contributed by atoms with Gasteiger partial charge in [-0.15, -0.1) is 0 Å². The minimum absolute atomic E-state index is 0.278. The molecule has 0 unspecified atom stereocenters. The van der Waals surface area contributed by atoms with E-state index >= 15 is 0 Å². The smallest absolute Gasteiger partial charge is 0.231 e. The molecule has 112 valence electrons. The molecule has 1 aliphatic rings. The lowest BCUT2D eigenvalue weighted by atomic mass is 10.1. The highest BCUT2D eigenvalue weighted by Crippen LogP contribution is 2.35. The van der Waals surface area contributed by atoms with Gasteiger partial charge >= 0.3 is 0 Å². The molecular weight excluding hydrogens is 258 g/mol. The van der Waals surface area contributed by atoms with Gasteiger partial charge in [0.15, 0.2) is 11.5 Å². The topological polar surface area (TPSA) is 51.2 Å². The molecule has 2 rings (SSSR count). The standard InChI is InChI=1S/C15H23NO4/c1-15(2,17)10-16(3)7-4-8-18-12-5-6-13-14(9-12)20-11-19-13/h5-6,9,17H,4,7-8,10-11H2,1-3H3. The Hall–Kier alpha value is -1.46. The first-order valence-electron chi connectivity index (χ1n) is 6.87. The van der Waals surface area contributed by atoms with Crippen molar-refractivity contribution in [3.05, 3.63) is 18.2 Å². The minimum atomic E-state index is -0.660. The van der Waals surface area contributed by atoms with Gasteiger partial charge in [-0.2, -0.15) is 0 Å². The van der Waals surface area contributed by atoms with Gasteiger partial charge < -0.3 is 24.2 Å². The average molecular weight is 281 g/mol. The van der Waals surface area contributed by atoms with Crippen LogP contribution in [0.1, 0.15) is 20.3 Å². The fraction of sp³-hybridized carbons (Fsp3) is 0.600. The SMILES string of the molecule is CN(CCCOc1ccc2c(c1)OCO2)CC(C)(C)O. The third-order valence-electron chi connectivity index (χ3n) is 2.95. The van der Waals surface area contributed by atoms with Crippen molar-refractivity contribution >= 4 is 0 Å². The lowest BCUT2D eigenvalue weighted by Crippen LogP contribution is -2.37. The van der Waals surface area contributed by atoms with Crippen LogP contribution in [0.5, 0.6) is 17.2 Å². The van der Waals surface area contributed by atoms with E-state index in [0.717, 1.165) is 30.2 Å². The Balaban J connectivity index is 1.68. The molecular formula is C15H23NO4. The number of hydrogen-bond acceptors (Lipinski definition) is 5. The fourth-order valence-electron chi connectivity index (χ4n) is 2.23. The van der Waals surface area contributed by atoms with Crippen LogP contribution in [0.4, 0.5) is 0 Å². The van der Waals surface area contributed by atoms with Crippen molar-refractivity contribution in [2.75, 3.05) is 33.5 Å². The van der Waals surface area contributed by atoms with E-state index in [1.54, 1.807) is 0 Å². The van der Waals surface area contributed by atoms with E-state index < -0.39 is 5.60 Å². The van der Waals surface area contributed by atoms with Crippen LogP contribution in [-0.2, 0) is 0 Å². The molecule has 0 atom stereocenters. The number of nitrogens with zero attached hydrogens (tertiary/aromatic N) is 1. The zero-order valence-corrected chi connectivity index (χ0v) is 12.4. The zero-order chi connectivity index (χ0) is 14.6. The van der Waals surface area contributed by atoms with E-state index in [4.69, 9.17) is 14.2 Å². The van der Waals surface area contributed by atoms with Gasteiger partial charge in [-0.3, -0.25) is 0 Å². The van der Waals surface area contributed by atoms with Gasteiger partial charge in [0.1, 0.15) is 5.75 Å². The summed E-state index contributed by atoms with van der Waals surface area (Å²) in [5, 5.41) is 9.71. The number of aliphatic hydroxyl groups is 1. The van der Waals surface area contributed by atoms with E-state index in [0.29, 0.717) is 13.2 Å². The summed E-state index contributed by atoms with van der Waals surface area (Å²) in [7, 11) is 2.00. The maximum absolute atomic E-state index is 9.71. The molecule has 1 aromatic carbocycles. The molecule has 1 N–H and O–H groups in total. The molecule has 20 heavy (non-hydrogen) atoms. The Labute approximate surface area is 120 Å². The molecule has 0 bridgehead atoms.